The fourth-order valence-electron chi connectivity index (χ4n) is 2.68. The Bertz CT molecular complexity index is 1040. The summed E-state index contributed by atoms with van der Waals surface area (Å²) in [5.74, 6) is -0.451. The van der Waals surface area contributed by atoms with Crippen LogP contribution < -0.4 is 10.2 Å². The van der Waals surface area contributed by atoms with Crippen LogP contribution in [0.15, 0.2) is 60.4 Å². The van der Waals surface area contributed by atoms with Crippen LogP contribution in [0.25, 0.3) is 17.0 Å². The van der Waals surface area contributed by atoms with E-state index in [2.05, 4.69) is 15.5 Å². The van der Waals surface area contributed by atoms with Crippen LogP contribution in [0.4, 0.5) is 10.5 Å². The van der Waals surface area contributed by atoms with E-state index < -0.39 is 11.9 Å². The number of aromatic nitrogens is 2. The van der Waals surface area contributed by atoms with Crippen LogP contribution in [-0.4, -0.2) is 22.1 Å². The Morgan fingerprint density at radius 3 is 2.76 bits per heavy atom. The molecule has 0 atom stereocenters. The molecule has 0 spiro atoms. The lowest BCUT2D eigenvalue weighted by molar-refractivity contribution is -0.113. The quantitative estimate of drug-likeness (QED) is 0.568. The van der Waals surface area contributed by atoms with Gasteiger partial charge in [-0.3, -0.25) is 4.79 Å². The van der Waals surface area contributed by atoms with Crippen LogP contribution >= 0.6 is 11.6 Å². The average Bonchev–Trinajstić information content (AvgIpc) is 2.89. The van der Waals surface area contributed by atoms with Crippen molar-refractivity contribution < 1.29 is 9.59 Å². The number of nitrogens with zero attached hydrogens (tertiary/aromatic N) is 3. The van der Waals surface area contributed by atoms with Gasteiger partial charge in [-0.2, -0.15) is 10.2 Å². The molecule has 25 heavy (non-hydrogen) atoms. The summed E-state index contributed by atoms with van der Waals surface area (Å²) in [6, 6.07) is 13.5. The second kappa shape index (κ2) is 5.99. The molecule has 7 heteroatoms. The van der Waals surface area contributed by atoms with Crippen molar-refractivity contribution >= 4 is 46.2 Å². The lowest BCUT2D eigenvalue weighted by Gasteiger charge is -2.11. The maximum atomic E-state index is 12.7. The molecule has 0 bridgehead atoms. The maximum absolute atomic E-state index is 12.7. The van der Waals surface area contributed by atoms with Gasteiger partial charge in [0.2, 0.25) is 0 Å². The molecule has 2 aromatic carbocycles. The number of anilines is 1. The summed E-state index contributed by atoms with van der Waals surface area (Å²) in [5, 5.41) is 11.9. The van der Waals surface area contributed by atoms with Gasteiger partial charge in [0.1, 0.15) is 5.70 Å². The number of carbonyl (C=O) groups excluding carboxylic acids is 2. The molecule has 1 N–H and O–H groups in total. The number of rotatable bonds is 2. The lowest BCUT2D eigenvalue weighted by Crippen LogP contribution is -2.30. The number of hydrogen-bond donors (Lipinski definition) is 1. The Kier molecular flexibility index (Phi) is 3.66. The monoisotopic (exact) mass is 350 g/mol. The van der Waals surface area contributed by atoms with E-state index >= 15 is 0 Å². The number of imide groups is 1. The van der Waals surface area contributed by atoms with Crippen LogP contribution in [0.1, 0.15) is 5.56 Å². The summed E-state index contributed by atoms with van der Waals surface area (Å²) >= 11 is 5.95. The topological polar surface area (TPSA) is 75.2 Å². The normalized spacial score (nSPS) is 15.9. The van der Waals surface area contributed by atoms with Gasteiger partial charge in [-0.05, 0) is 30.3 Å². The third kappa shape index (κ3) is 2.72. The SMILES string of the molecule is O=C1N/C(=C/c2cnnc3ccccc23)C(=O)N1c1cccc(Cl)c1. The first-order valence-electron chi connectivity index (χ1n) is 7.46. The Morgan fingerprint density at radius 1 is 1.08 bits per heavy atom. The standard InChI is InChI=1S/C18H11ClN4O2/c19-12-4-3-5-13(9-12)23-17(24)16(21-18(23)25)8-11-10-20-22-15-7-2-1-6-14(11)15/h1-10H,(H,21,25)/b16-8+. The highest BCUT2D eigenvalue weighted by atomic mass is 35.5. The fraction of sp³-hybridized carbons (Fsp3) is 0. The van der Waals surface area contributed by atoms with Gasteiger partial charge >= 0.3 is 6.03 Å². The minimum atomic E-state index is -0.523. The number of benzene rings is 2. The molecule has 0 unspecified atom stereocenters. The van der Waals surface area contributed by atoms with Crippen molar-refractivity contribution in [2.75, 3.05) is 4.90 Å². The first-order valence-corrected chi connectivity index (χ1v) is 7.84. The molecular weight excluding hydrogens is 340 g/mol. The fourth-order valence-corrected chi connectivity index (χ4v) is 2.87. The summed E-state index contributed by atoms with van der Waals surface area (Å²) in [7, 11) is 0. The molecule has 1 fully saturated rings. The van der Waals surface area contributed by atoms with Crippen molar-refractivity contribution in [3.05, 3.63) is 71.0 Å². The summed E-state index contributed by atoms with van der Waals surface area (Å²) in [5.41, 5.74) is 1.99. The number of carbonyl (C=O) groups is 2. The number of fused-ring (bicyclic) bond motifs is 1. The Labute approximate surface area is 147 Å². The average molecular weight is 351 g/mol. The van der Waals surface area contributed by atoms with Gasteiger partial charge < -0.3 is 5.32 Å². The molecule has 1 aliphatic heterocycles. The molecule has 0 saturated carbocycles. The molecule has 0 aliphatic carbocycles. The number of amides is 3. The highest BCUT2D eigenvalue weighted by Gasteiger charge is 2.35. The van der Waals surface area contributed by atoms with E-state index in [1.807, 2.05) is 24.3 Å². The molecule has 2 heterocycles. The molecule has 1 aliphatic rings. The molecule has 1 saturated heterocycles. The summed E-state index contributed by atoms with van der Waals surface area (Å²) in [4.78, 5) is 26.0. The largest absolute Gasteiger partial charge is 0.333 e. The van der Waals surface area contributed by atoms with Crippen LogP contribution in [-0.2, 0) is 4.79 Å². The van der Waals surface area contributed by atoms with E-state index in [1.165, 1.54) is 0 Å². The van der Waals surface area contributed by atoms with E-state index in [1.54, 1.807) is 36.5 Å². The summed E-state index contributed by atoms with van der Waals surface area (Å²) in [6.07, 6.45) is 3.15. The van der Waals surface area contributed by atoms with Crippen LogP contribution in [0.5, 0.6) is 0 Å². The van der Waals surface area contributed by atoms with Crippen molar-refractivity contribution in [3.63, 3.8) is 0 Å². The molecule has 122 valence electrons. The lowest BCUT2D eigenvalue weighted by atomic mass is 10.1. The van der Waals surface area contributed by atoms with Gasteiger partial charge in [-0.25, -0.2) is 9.69 Å². The summed E-state index contributed by atoms with van der Waals surface area (Å²) < 4.78 is 0. The molecule has 6 nitrogen and oxygen atoms in total. The van der Waals surface area contributed by atoms with E-state index in [0.717, 1.165) is 10.3 Å². The van der Waals surface area contributed by atoms with Crippen molar-refractivity contribution in [1.29, 1.82) is 0 Å². The number of hydrogen-bond acceptors (Lipinski definition) is 4. The molecular formula is C18H11ClN4O2. The third-order valence-corrected chi connectivity index (χ3v) is 4.06. The van der Waals surface area contributed by atoms with E-state index in [-0.39, 0.29) is 5.70 Å². The van der Waals surface area contributed by atoms with Gasteiger partial charge in [0.15, 0.2) is 0 Å². The molecule has 1 aromatic heterocycles. The van der Waals surface area contributed by atoms with Crippen molar-refractivity contribution in [1.82, 2.24) is 15.5 Å². The third-order valence-electron chi connectivity index (χ3n) is 3.82. The van der Waals surface area contributed by atoms with Gasteiger partial charge in [0.25, 0.3) is 5.91 Å². The van der Waals surface area contributed by atoms with Gasteiger partial charge in [0.05, 0.1) is 17.4 Å². The van der Waals surface area contributed by atoms with Crippen LogP contribution in [0.3, 0.4) is 0 Å². The second-order valence-electron chi connectivity index (χ2n) is 5.43. The van der Waals surface area contributed by atoms with Crippen molar-refractivity contribution in [2.24, 2.45) is 0 Å². The first-order chi connectivity index (χ1) is 12.1. The number of halogens is 1. The predicted octanol–water partition coefficient (Wildman–Crippen LogP) is 3.38. The second-order valence-corrected chi connectivity index (χ2v) is 5.86. The van der Waals surface area contributed by atoms with Crippen molar-refractivity contribution in [3.8, 4) is 0 Å². The van der Waals surface area contributed by atoms with Gasteiger partial charge in [0, 0.05) is 16.0 Å². The van der Waals surface area contributed by atoms with Crippen LogP contribution in [0, 0.1) is 0 Å². The summed E-state index contributed by atoms with van der Waals surface area (Å²) in [6.45, 7) is 0. The highest BCUT2D eigenvalue weighted by Crippen LogP contribution is 2.26. The molecule has 3 amide bonds. The highest BCUT2D eigenvalue weighted by molar-refractivity contribution is 6.32. The maximum Gasteiger partial charge on any atom is 0.333 e. The zero-order chi connectivity index (χ0) is 17.4. The van der Waals surface area contributed by atoms with Crippen molar-refractivity contribution in [2.45, 2.75) is 0 Å². The Hall–Kier alpha value is -3.25. The minimum Gasteiger partial charge on any atom is -0.302 e. The van der Waals surface area contributed by atoms with Crippen LogP contribution in [0.2, 0.25) is 5.02 Å². The van der Waals surface area contributed by atoms with E-state index in [9.17, 15) is 9.59 Å². The zero-order valence-corrected chi connectivity index (χ0v) is 13.6. The Balaban J connectivity index is 1.75. The van der Waals surface area contributed by atoms with Gasteiger partial charge in [-0.1, -0.05) is 35.9 Å². The van der Waals surface area contributed by atoms with E-state index in [4.69, 9.17) is 11.6 Å². The smallest absolute Gasteiger partial charge is 0.302 e. The molecule has 0 radical (unpaired) electrons. The van der Waals surface area contributed by atoms with E-state index in [0.29, 0.717) is 21.8 Å². The molecule has 3 aromatic rings. The Morgan fingerprint density at radius 2 is 1.92 bits per heavy atom. The first kappa shape index (κ1) is 15.3. The van der Waals surface area contributed by atoms with Gasteiger partial charge in [-0.15, -0.1) is 0 Å². The number of nitrogens with one attached hydrogen (secondary N) is 1. The zero-order valence-electron chi connectivity index (χ0n) is 12.8. The number of urea groups is 1. The molecule has 4 rings (SSSR count). The minimum absolute atomic E-state index is 0.170. The predicted molar refractivity (Wildman–Crippen MR) is 95.0 cm³/mol.